The van der Waals surface area contributed by atoms with Gasteiger partial charge in [-0.05, 0) is 49.7 Å². The molecule has 0 aliphatic carbocycles. The van der Waals surface area contributed by atoms with E-state index in [0.29, 0.717) is 28.0 Å². The molecule has 0 saturated heterocycles. The first-order valence-corrected chi connectivity index (χ1v) is 9.76. The molecule has 0 spiro atoms. The number of amides is 1. The van der Waals surface area contributed by atoms with E-state index in [0.717, 1.165) is 19.4 Å². The molecule has 2 rings (SSSR count). The SMILES string of the molecule is CCCCN(CC)C(=O)c1ccc(CS(=O)c2ccc(Cl)cc2)o1. The van der Waals surface area contributed by atoms with E-state index in [2.05, 4.69) is 6.92 Å². The number of hydrogen-bond acceptors (Lipinski definition) is 3. The van der Waals surface area contributed by atoms with Gasteiger partial charge >= 0.3 is 0 Å². The van der Waals surface area contributed by atoms with Crippen molar-refractivity contribution in [3.05, 3.63) is 52.9 Å². The molecule has 1 aromatic carbocycles. The van der Waals surface area contributed by atoms with Gasteiger partial charge in [-0.2, -0.15) is 0 Å². The van der Waals surface area contributed by atoms with Gasteiger partial charge in [0.05, 0.1) is 16.6 Å². The van der Waals surface area contributed by atoms with Gasteiger partial charge in [0.2, 0.25) is 0 Å². The summed E-state index contributed by atoms with van der Waals surface area (Å²) >= 11 is 5.83. The van der Waals surface area contributed by atoms with Crippen LogP contribution in [0.5, 0.6) is 0 Å². The van der Waals surface area contributed by atoms with Gasteiger partial charge in [-0.1, -0.05) is 24.9 Å². The molecule has 6 heteroatoms. The topological polar surface area (TPSA) is 50.5 Å². The van der Waals surface area contributed by atoms with E-state index in [1.807, 2.05) is 6.92 Å². The van der Waals surface area contributed by atoms with Crippen molar-refractivity contribution in [1.29, 1.82) is 0 Å². The molecule has 0 N–H and O–H groups in total. The van der Waals surface area contributed by atoms with Gasteiger partial charge in [-0.15, -0.1) is 0 Å². The highest BCUT2D eigenvalue weighted by Crippen LogP contribution is 2.18. The van der Waals surface area contributed by atoms with Crippen LogP contribution in [0.4, 0.5) is 0 Å². The molecule has 130 valence electrons. The molecule has 1 heterocycles. The summed E-state index contributed by atoms with van der Waals surface area (Å²) in [6.45, 7) is 5.41. The minimum absolute atomic E-state index is 0.116. The first-order chi connectivity index (χ1) is 11.5. The number of hydrogen-bond donors (Lipinski definition) is 0. The zero-order valence-electron chi connectivity index (χ0n) is 14.0. The summed E-state index contributed by atoms with van der Waals surface area (Å²) in [6, 6.07) is 10.3. The predicted octanol–water partition coefficient (Wildman–Crippen LogP) is 4.50. The van der Waals surface area contributed by atoms with Crippen LogP contribution < -0.4 is 0 Å². The Bertz CT molecular complexity index is 697. The lowest BCUT2D eigenvalue weighted by Crippen LogP contribution is -2.31. The third-order valence-corrected chi connectivity index (χ3v) is 5.27. The van der Waals surface area contributed by atoms with E-state index in [1.54, 1.807) is 41.3 Å². The fraction of sp³-hybridized carbons (Fsp3) is 0.389. The number of unbranched alkanes of at least 4 members (excludes halogenated alkanes) is 1. The average molecular weight is 368 g/mol. The van der Waals surface area contributed by atoms with E-state index in [1.165, 1.54) is 0 Å². The summed E-state index contributed by atoms with van der Waals surface area (Å²) in [5.41, 5.74) is 0. The maximum Gasteiger partial charge on any atom is 0.289 e. The van der Waals surface area contributed by atoms with Crippen LogP contribution in [-0.4, -0.2) is 28.1 Å². The first kappa shape index (κ1) is 18.7. The lowest BCUT2D eigenvalue weighted by Gasteiger charge is -2.19. The lowest BCUT2D eigenvalue weighted by molar-refractivity contribution is 0.0729. The molecule has 1 unspecified atom stereocenters. The molecule has 1 amide bonds. The second-order valence-electron chi connectivity index (χ2n) is 5.45. The molecule has 0 radical (unpaired) electrons. The van der Waals surface area contributed by atoms with E-state index >= 15 is 0 Å². The highest BCUT2D eigenvalue weighted by atomic mass is 35.5. The van der Waals surface area contributed by atoms with Crippen LogP contribution in [0.3, 0.4) is 0 Å². The Hall–Kier alpha value is -1.59. The van der Waals surface area contributed by atoms with E-state index < -0.39 is 10.8 Å². The normalized spacial score (nSPS) is 12.1. The summed E-state index contributed by atoms with van der Waals surface area (Å²) in [5, 5.41) is 0.605. The second-order valence-corrected chi connectivity index (χ2v) is 7.34. The van der Waals surface area contributed by atoms with Crippen molar-refractivity contribution in [1.82, 2.24) is 4.90 Å². The summed E-state index contributed by atoms with van der Waals surface area (Å²) in [5.74, 6) is 0.958. The number of rotatable bonds is 8. The molecule has 0 bridgehead atoms. The van der Waals surface area contributed by atoms with E-state index in [-0.39, 0.29) is 11.7 Å². The Kier molecular flexibility index (Phi) is 7.06. The number of nitrogens with zero attached hydrogens (tertiary/aromatic N) is 1. The Morgan fingerprint density at radius 1 is 1.17 bits per heavy atom. The van der Waals surface area contributed by atoms with Crippen LogP contribution in [0, 0.1) is 0 Å². The minimum Gasteiger partial charge on any atom is -0.455 e. The number of halogens is 1. The predicted molar refractivity (Wildman–Crippen MR) is 96.8 cm³/mol. The standard InChI is InChI=1S/C18H22ClNO3S/c1-3-5-12-20(4-2)18(21)17-11-8-15(23-17)13-24(22)16-9-6-14(19)7-10-16/h6-11H,3-5,12-13H2,1-2H3. The van der Waals surface area contributed by atoms with Crippen molar-refractivity contribution in [2.24, 2.45) is 0 Å². The number of furan rings is 1. The maximum atomic E-state index is 12.4. The number of benzene rings is 1. The van der Waals surface area contributed by atoms with Crippen LogP contribution in [0.2, 0.25) is 5.02 Å². The van der Waals surface area contributed by atoms with Gasteiger partial charge in [0.15, 0.2) is 5.76 Å². The molecular weight excluding hydrogens is 346 g/mol. The summed E-state index contributed by atoms with van der Waals surface area (Å²) in [6.07, 6.45) is 2.00. The highest BCUT2D eigenvalue weighted by Gasteiger charge is 2.18. The third kappa shape index (κ3) is 4.95. The fourth-order valence-corrected chi connectivity index (χ4v) is 3.42. The van der Waals surface area contributed by atoms with Gasteiger partial charge < -0.3 is 9.32 Å². The van der Waals surface area contributed by atoms with Crippen molar-refractivity contribution in [2.75, 3.05) is 13.1 Å². The summed E-state index contributed by atoms with van der Waals surface area (Å²) in [7, 11) is -1.24. The third-order valence-electron chi connectivity index (χ3n) is 3.67. The zero-order valence-corrected chi connectivity index (χ0v) is 15.5. The van der Waals surface area contributed by atoms with Crippen LogP contribution in [-0.2, 0) is 16.6 Å². The van der Waals surface area contributed by atoms with Crippen LogP contribution in [0.1, 0.15) is 43.0 Å². The van der Waals surface area contributed by atoms with Gasteiger partial charge in [0, 0.05) is 23.0 Å². The maximum absolute atomic E-state index is 12.4. The molecule has 2 aromatic rings. The van der Waals surface area contributed by atoms with E-state index in [4.69, 9.17) is 16.0 Å². The number of carbonyl (C=O) groups excluding carboxylic acids is 1. The molecule has 0 saturated carbocycles. The smallest absolute Gasteiger partial charge is 0.289 e. The molecule has 4 nitrogen and oxygen atoms in total. The van der Waals surface area contributed by atoms with Crippen molar-refractivity contribution in [3.8, 4) is 0 Å². The lowest BCUT2D eigenvalue weighted by atomic mass is 10.3. The molecule has 0 fully saturated rings. The van der Waals surface area contributed by atoms with Crippen LogP contribution >= 0.6 is 11.6 Å². The quantitative estimate of drug-likeness (QED) is 0.690. The van der Waals surface area contributed by atoms with Crippen LogP contribution in [0.25, 0.3) is 0 Å². The Morgan fingerprint density at radius 3 is 2.50 bits per heavy atom. The van der Waals surface area contributed by atoms with E-state index in [9.17, 15) is 9.00 Å². The summed E-state index contributed by atoms with van der Waals surface area (Å²) < 4.78 is 18.0. The Morgan fingerprint density at radius 2 is 1.88 bits per heavy atom. The largest absolute Gasteiger partial charge is 0.455 e. The fourth-order valence-electron chi connectivity index (χ4n) is 2.28. The molecule has 0 aliphatic rings. The second kappa shape index (κ2) is 9.04. The van der Waals surface area contributed by atoms with Crippen molar-refractivity contribution in [2.45, 2.75) is 37.3 Å². The monoisotopic (exact) mass is 367 g/mol. The van der Waals surface area contributed by atoms with Gasteiger partial charge in [0.1, 0.15) is 5.76 Å². The first-order valence-electron chi connectivity index (χ1n) is 8.07. The molecule has 24 heavy (non-hydrogen) atoms. The van der Waals surface area contributed by atoms with Crippen molar-refractivity contribution in [3.63, 3.8) is 0 Å². The molecule has 1 atom stereocenters. The Labute approximate surface area is 150 Å². The summed E-state index contributed by atoms with van der Waals surface area (Å²) in [4.78, 5) is 14.9. The van der Waals surface area contributed by atoms with Crippen molar-refractivity contribution >= 4 is 28.3 Å². The van der Waals surface area contributed by atoms with Crippen molar-refractivity contribution < 1.29 is 13.4 Å². The molecule has 0 aliphatic heterocycles. The van der Waals surface area contributed by atoms with Gasteiger partial charge in [-0.3, -0.25) is 9.00 Å². The van der Waals surface area contributed by atoms with Gasteiger partial charge in [-0.25, -0.2) is 0 Å². The zero-order chi connectivity index (χ0) is 17.5. The number of carbonyl (C=O) groups is 1. The molecule has 1 aromatic heterocycles. The van der Waals surface area contributed by atoms with Crippen LogP contribution in [0.15, 0.2) is 45.7 Å². The van der Waals surface area contributed by atoms with Gasteiger partial charge in [0.25, 0.3) is 5.91 Å². The minimum atomic E-state index is -1.24. The highest BCUT2D eigenvalue weighted by molar-refractivity contribution is 7.84. The Balaban J connectivity index is 2.03. The molecular formula is C18H22ClNO3S. The average Bonchev–Trinajstić information content (AvgIpc) is 3.04.